The van der Waals surface area contributed by atoms with Crippen LogP contribution in [0.25, 0.3) is 0 Å². The lowest BCUT2D eigenvalue weighted by atomic mass is 10.1. The molecule has 18 heavy (non-hydrogen) atoms. The third-order valence-electron chi connectivity index (χ3n) is 2.84. The van der Waals surface area contributed by atoms with E-state index in [1.165, 1.54) is 5.56 Å². The van der Waals surface area contributed by atoms with E-state index in [1.54, 1.807) is 7.11 Å². The number of aliphatic hydroxyl groups excluding tert-OH is 1. The minimum atomic E-state index is 0.260. The molecule has 0 aliphatic rings. The van der Waals surface area contributed by atoms with Crippen LogP contribution in [0.2, 0.25) is 0 Å². The van der Waals surface area contributed by atoms with Gasteiger partial charge in [0.2, 0.25) is 0 Å². The van der Waals surface area contributed by atoms with Crippen molar-refractivity contribution in [3.63, 3.8) is 0 Å². The fourth-order valence-electron chi connectivity index (χ4n) is 1.64. The molecule has 0 amide bonds. The first kappa shape index (κ1) is 15.3. The van der Waals surface area contributed by atoms with Gasteiger partial charge >= 0.3 is 0 Å². The van der Waals surface area contributed by atoms with Gasteiger partial charge in [-0.25, -0.2) is 0 Å². The summed E-state index contributed by atoms with van der Waals surface area (Å²) in [6.45, 7) is 2.32. The van der Waals surface area contributed by atoms with Crippen molar-refractivity contribution in [2.45, 2.75) is 13.0 Å². The fraction of sp³-hybridized carbons (Fsp3) is 0.571. The van der Waals surface area contributed by atoms with E-state index in [-0.39, 0.29) is 6.61 Å². The largest absolute Gasteiger partial charge is 0.497 e. The first-order chi connectivity index (χ1) is 8.71. The van der Waals surface area contributed by atoms with E-state index in [4.69, 9.17) is 9.84 Å². The monoisotopic (exact) mass is 269 g/mol. The Kier molecular flexibility index (Phi) is 7.16. The van der Waals surface area contributed by atoms with Crippen LogP contribution in [0.4, 0.5) is 0 Å². The van der Waals surface area contributed by atoms with Crippen LogP contribution in [0.5, 0.6) is 5.75 Å². The van der Waals surface area contributed by atoms with Crippen LogP contribution >= 0.6 is 11.8 Å². The van der Waals surface area contributed by atoms with Crippen molar-refractivity contribution >= 4 is 11.8 Å². The van der Waals surface area contributed by atoms with Gasteiger partial charge in [0.25, 0.3) is 0 Å². The molecule has 0 fully saturated rings. The molecule has 102 valence electrons. The third-order valence-corrected chi connectivity index (χ3v) is 4.22. The summed E-state index contributed by atoms with van der Waals surface area (Å²) in [5.41, 5.74) is 1.24. The summed E-state index contributed by atoms with van der Waals surface area (Å²) in [5.74, 6) is 3.23. The maximum absolute atomic E-state index is 9.00. The van der Waals surface area contributed by atoms with Gasteiger partial charge in [0.05, 0.1) is 7.11 Å². The van der Waals surface area contributed by atoms with Crippen molar-refractivity contribution in [3.05, 3.63) is 29.8 Å². The SMILES string of the molecule is CNC(CSCC(C)CO)c1cccc(OC)c1. The molecule has 2 atom stereocenters. The molecule has 0 saturated carbocycles. The number of hydrogen-bond donors (Lipinski definition) is 2. The number of rotatable bonds is 8. The molecule has 0 aromatic heterocycles. The number of ether oxygens (including phenoxy) is 1. The second-order valence-corrected chi connectivity index (χ2v) is 5.52. The second-order valence-electron chi connectivity index (χ2n) is 4.44. The topological polar surface area (TPSA) is 41.5 Å². The van der Waals surface area contributed by atoms with Crippen molar-refractivity contribution in [3.8, 4) is 5.75 Å². The zero-order chi connectivity index (χ0) is 13.4. The minimum Gasteiger partial charge on any atom is -0.497 e. The second kappa shape index (κ2) is 8.40. The van der Waals surface area contributed by atoms with Gasteiger partial charge in [-0.2, -0.15) is 11.8 Å². The maximum atomic E-state index is 9.00. The van der Waals surface area contributed by atoms with E-state index in [1.807, 2.05) is 30.9 Å². The van der Waals surface area contributed by atoms with Gasteiger partial charge in [0.15, 0.2) is 0 Å². The predicted octanol–water partition coefficient (Wildman–Crippen LogP) is 2.32. The third kappa shape index (κ3) is 4.88. The minimum absolute atomic E-state index is 0.260. The van der Waals surface area contributed by atoms with Crippen molar-refractivity contribution in [2.24, 2.45) is 5.92 Å². The van der Waals surface area contributed by atoms with E-state index >= 15 is 0 Å². The molecule has 4 heteroatoms. The summed E-state index contributed by atoms with van der Waals surface area (Å²) < 4.78 is 5.24. The van der Waals surface area contributed by atoms with Crippen molar-refractivity contribution in [2.75, 3.05) is 32.3 Å². The first-order valence-corrected chi connectivity index (χ1v) is 7.36. The van der Waals surface area contributed by atoms with Gasteiger partial charge in [-0.05, 0) is 36.4 Å². The Balaban J connectivity index is 2.54. The van der Waals surface area contributed by atoms with Crippen molar-refractivity contribution < 1.29 is 9.84 Å². The molecule has 2 unspecified atom stereocenters. The van der Waals surface area contributed by atoms with Crippen molar-refractivity contribution in [1.29, 1.82) is 0 Å². The quantitative estimate of drug-likeness (QED) is 0.760. The average molecular weight is 269 g/mol. The highest BCUT2D eigenvalue weighted by atomic mass is 32.2. The molecular weight excluding hydrogens is 246 g/mol. The lowest BCUT2D eigenvalue weighted by molar-refractivity contribution is 0.250. The normalized spacial score (nSPS) is 14.2. The summed E-state index contributed by atoms with van der Waals surface area (Å²) >= 11 is 1.86. The van der Waals surface area contributed by atoms with Gasteiger partial charge in [-0.1, -0.05) is 19.1 Å². The highest BCUT2D eigenvalue weighted by Gasteiger charge is 2.11. The molecule has 1 aromatic carbocycles. The molecule has 0 aliphatic carbocycles. The maximum Gasteiger partial charge on any atom is 0.119 e. The highest BCUT2D eigenvalue weighted by molar-refractivity contribution is 7.99. The van der Waals surface area contributed by atoms with Crippen LogP contribution in [-0.4, -0.2) is 37.4 Å². The molecule has 0 radical (unpaired) electrons. The Bertz CT molecular complexity index is 346. The Labute approximate surface area is 114 Å². The lowest BCUT2D eigenvalue weighted by Crippen LogP contribution is -2.19. The summed E-state index contributed by atoms with van der Waals surface area (Å²) in [5, 5.41) is 12.3. The summed E-state index contributed by atoms with van der Waals surface area (Å²) in [6.07, 6.45) is 0. The van der Waals surface area contributed by atoms with Crippen molar-refractivity contribution in [1.82, 2.24) is 5.32 Å². The molecule has 0 aliphatic heterocycles. The zero-order valence-electron chi connectivity index (χ0n) is 11.3. The van der Waals surface area contributed by atoms with Gasteiger partial charge in [-0.15, -0.1) is 0 Å². The van der Waals surface area contributed by atoms with Gasteiger partial charge < -0.3 is 15.2 Å². The molecule has 0 saturated heterocycles. The summed E-state index contributed by atoms with van der Waals surface area (Å²) in [7, 11) is 3.66. The average Bonchev–Trinajstić information content (AvgIpc) is 2.43. The summed E-state index contributed by atoms with van der Waals surface area (Å²) in [4.78, 5) is 0. The Morgan fingerprint density at radius 3 is 2.78 bits per heavy atom. The van der Waals surface area contributed by atoms with Crippen LogP contribution in [0, 0.1) is 5.92 Å². The number of methoxy groups -OCH3 is 1. The Hall–Kier alpha value is -0.710. The van der Waals surface area contributed by atoms with Gasteiger partial charge in [0, 0.05) is 18.4 Å². The number of hydrogen-bond acceptors (Lipinski definition) is 4. The van der Waals surface area contributed by atoms with Gasteiger partial charge in [0.1, 0.15) is 5.75 Å². The smallest absolute Gasteiger partial charge is 0.119 e. The molecule has 0 heterocycles. The van der Waals surface area contributed by atoms with Crippen LogP contribution in [0.15, 0.2) is 24.3 Å². The number of nitrogens with one attached hydrogen (secondary N) is 1. The van der Waals surface area contributed by atoms with E-state index in [9.17, 15) is 0 Å². The molecule has 1 aromatic rings. The van der Waals surface area contributed by atoms with E-state index in [0.717, 1.165) is 17.3 Å². The molecule has 0 spiro atoms. The lowest BCUT2D eigenvalue weighted by Gasteiger charge is -2.18. The zero-order valence-corrected chi connectivity index (χ0v) is 12.2. The number of aliphatic hydroxyl groups is 1. The Morgan fingerprint density at radius 2 is 2.17 bits per heavy atom. The van der Waals surface area contributed by atoms with E-state index in [2.05, 4.69) is 24.4 Å². The molecule has 1 rings (SSSR count). The summed E-state index contributed by atoms with van der Waals surface area (Å²) in [6, 6.07) is 8.46. The van der Waals surface area contributed by atoms with Crippen LogP contribution in [0.1, 0.15) is 18.5 Å². The number of benzene rings is 1. The molecular formula is C14H23NO2S. The molecule has 3 nitrogen and oxygen atoms in total. The predicted molar refractivity (Wildman–Crippen MR) is 78.4 cm³/mol. The standard InChI is InChI=1S/C14H23NO2S/c1-11(8-16)9-18-10-14(15-2)12-5-4-6-13(7-12)17-3/h4-7,11,14-16H,8-10H2,1-3H3. The molecule has 0 bridgehead atoms. The van der Waals surface area contributed by atoms with E-state index in [0.29, 0.717) is 12.0 Å². The molecule has 2 N–H and O–H groups in total. The van der Waals surface area contributed by atoms with E-state index < -0.39 is 0 Å². The first-order valence-electron chi connectivity index (χ1n) is 6.21. The van der Waals surface area contributed by atoms with Crippen LogP contribution < -0.4 is 10.1 Å². The van der Waals surface area contributed by atoms with Crippen LogP contribution in [-0.2, 0) is 0 Å². The Morgan fingerprint density at radius 1 is 1.39 bits per heavy atom. The fourth-order valence-corrected chi connectivity index (χ4v) is 2.88. The van der Waals surface area contributed by atoms with Gasteiger partial charge in [-0.3, -0.25) is 0 Å². The highest BCUT2D eigenvalue weighted by Crippen LogP contribution is 2.23. The van der Waals surface area contributed by atoms with Crippen LogP contribution in [0.3, 0.4) is 0 Å². The number of thioether (sulfide) groups is 1.